The molecule has 0 atom stereocenters. The predicted molar refractivity (Wildman–Crippen MR) is 467 cm³/mol. The number of para-hydroxylation sites is 4. The maximum atomic E-state index is 12.1. The van der Waals surface area contributed by atoms with Gasteiger partial charge in [-0.2, -0.15) is 36.2 Å². The number of methoxy groups -OCH3 is 4. The van der Waals surface area contributed by atoms with Crippen molar-refractivity contribution >= 4 is 116 Å². The molecule has 42 heteroatoms. The lowest BCUT2D eigenvalue weighted by Gasteiger charge is -2.16. The lowest BCUT2D eigenvalue weighted by Crippen LogP contribution is -2.18. The zero-order valence-electron chi connectivity index (χ0n) is 67.1. The smallest absolute Gasteiger partial charge is 0.331 e. The number of hydrogen-bond donors (Lipinski definition) is 10. The van der Waals surface area contributed by atoms with E-state index in [9.17, 15) is 29.7 Å². The Balaban J connectivity index is 0.000000211. The minimum atomic E-state index is -0.567. The lowest BCUT2D eigenvalue weighted by molar-refractivity contribution is -0.146. The lowest BCUT2D eigenvalue weighted by atomic mass is 10.1. The number of aryl methyl sites for hydroxylation is 4. The van der Waals surface area contributed by atoms with Crippen molar-refractivity contribution < 1.29 is 53.2 Å². The van der Waals surface area contributed by atoms with Crippen molar-refractivity contribution in [2.75, 3.05) is 74.0 Å². The predicted octanol–water partition coefficient (Wildman–Crippen LogP) is 12.1. The number of nitrogen functional groups attached to an aromatic ring is 1. The van der Waals surface area contributed by atoms with Crippen molar-refractivity contribution in [3.05, 3.63) is 185 Å². The number of esters is 1. The van der Waals surface area contributed by atoms with E-state index in [1.54, 1.807) is 125 Å². The number of nitrogens with zero attached hydrogens (tertiary/aromatic N) is 20. The SMILES string of the molecule is C.C.CCOC(=O)CO.COc1c(N)cccc1-c1ncn(C)n1.COc1c(Nc2cc(Cl)ncc2C#N)cccc1-c1ncn(C)n1.COc1c(Nc2cc(NC(=O)C3CC3)ncc2C#N)cccc1-c1ncn(C)n1.COc1c(Nc2cc(NC(=O)C3CC3)ncc2C(N)=NO)cccc1-c1ncn(C)n1.N#Cc1cnc(Cl)cc1Cl.NC(=O)C1CC1. The molecule has 3 aliphatic rings. The number of nitriles is 3. The van der Waals surface area contributed by atoms with Gasteiger partial charge in [0.1, 0.15) is 72.1 Å². The fourth-order valence-electron chi connectivity index (χ4n) is 10.8. The summed E-state index contributed by atoms with van der Waals surface area (Å²) in [6.45, 7) is 1.50. The van der Waals surface area contributed by atoms with Crippen LogP contribution in [0.25, 0.3) is 45.6 Å². The van der Waals surface area contributed by atoms with E-state index in [1.165, 1.54) is 30.9 Å². The highest BCUT2D eigenvalue weighted by Gasteiger charge is 2.32. The molecule has 3 amide bonds. The molecule has 0 bridgehead atoms. The molecule has 12 aromatic rings. The van der Waals surface area contributed by atoms with Gasteiger partial charge in [-0.15, -0.1) is 0 Å². The van der Waals surface area contributed by atoms with E-state index in [4.69, 9.17) is 86.5 Å². The molecule has 0 saturated heterocycles. The maximum Gasteiger partial charge on any atom is 0.331 e. The van der Waals surface area contributed by atoms with E-state index in [-0.39, 0.29) is 61.3 Å². The number of hydrogen-bond acceptors (Lipinski definition) is 31. The first-order chi connectivity index (χ1) is 58.8. The van der Waals surface area contributed by atoms with Gasteiger partial charge in [-0.25, -0.2) is 44.7 Å². The first-order valence-corrected chi connectivity index (χ1v) is 37.9. The number of pyridine rings is 4. The Labute approximate surface area is 728 Å². The fraction of sp³-hybridized carbons (Fsp3) is 0.268. The highest BCUT2D eigenvalue weighted by atomic mass is 35.5. The molecule has 0 aliphatic heterocycles. The van der Waals surface area contributed by atoms with Crippen LogP contribution in [-0.4, -0.2) is 160 Å². The second-order valence-electron chi connectivity index (χ2n) is 26.2. The van der Waals surface area contributed by atoms with E-state index >= 15 is 0 Å². The Morgan fingerprint density at radius 3 is 1.18 bits per heavy atom. The first-order valence-electron chi connectivity index (χ1n) is 36.8. The number of aromatic nitrogens is 16. The third-order valence-corrected chi connectivity index (χ3v) is 17.9. The summed E-state index contributed by atoms with van der Waals surface area (Å²) < 4.78 is 32.8. The molecule has 15 rings (SSSR count). The number of oxime groups is 1. The molecule has 3 fully saturated rings. The highest BCUT2D eigenvalue weighted by Crippen LogP contribution is 2.42. The molecule has 124 heavy (non-hydrogen) atoms. The molecular weight excluding hydrogens is 1660 g/mol. The topological polar surface area (TPSA) is 551 Å². The summed E-state index contributed by atoms with van der Waals surface area (Å²) in [4.78, 5) is 77.0. The number of ether oxygens (including phenoxy) is 5. The number of anilines is 9. The number of nitrogens with one attached hydrogen (secondary N) is 5. The first kappa shape index (κ1) is 96.0. The summed E-state index contributed by atoms with van der Waals surface area (Å²) in [6, 6.07) is 34.4. The molecule has 8 heterocycles. The van der Waals surface area contributed by atoms with Gasteiger partial charge in [0.25, 0.3) is 0 Å². The third-order valence-electron chi connectivity index (χ3n) is 17.1. The Morgan fingerprint density at radius 1 is 0.492 bits per heavy atom. The number of amides is 3. The number of halogens is 3. The Bertz CT molecular complexity index is 5850. The van der Waals surface area contributed by atoms with Gasteiger partial charge in [-0.05, 0) is 100 Å². The number of rotatable bonds is 22. The Hall–Kier alpha value is -15.1. The molecule has 3 aliphatic carbocycles. The van der Waals surface area contributed by atoms with Crippen LogP contribution in [0.5, 0.6) is 23.0 Å². The number of nitrogens with two attached hydrogens (primary N) is 3. The molecule has 0 spiro atoms. The number of amidine groups is 1. The molecule has 8 aromatic heterocycles. The van der Waals surface area contributed by atoms with Crippen LogP contribution >= 0.6 is 34.8 Å². The zero-order chi connectivity index (χ0) is 88.1. The number of primary amides is 1. The van der Waals surface area contributed by atoms with E-state index in [0.717, 1.165) is 49.7 Å². The summed E-state index contributed by atoms with van der Waals surface area (Å²) >= 11 is 17.0. The van der Waals surface area contributed by atoms with Crippen molar-refractivity contribution in [1.82, 2.24) is 79.0 Å². The van der Waals surface area contributed by atoms with Gasteiger partial charge >= 0.3 is 5.97 Å². The van der Waals surface area contributed by atoms with Gasteiger partial charge in [0.05, 0.1) is 124 Å². The van der Waals surface area contributed by atoms with Gasteiger partial charge < -0.3 is 77.8 Å². The van der Waals surface area contributed by atoms with Crippen molar-refractivity contribution in [3.8, 4) is 86.8 Å². The molecule has 646 valence electrons. The van der Waals surface area contributed by atoms with Gasteiger partial charge in [0, 0.05) is 88.9 Å². The summed E-state index contributed by atoms with van der Waals surface area (Å²) in [5, 5.41) is 80.6. The number of aliphatic hydroxyl groups excluding tert-OH is 1. The molecule has 13 N–H and O–H groups in total. The van der Waals surface area contributed by atoms with Crippen LogP contribution in [0.2, 0.25) is 15.3 Å². The summed E-state index contributed by atoms with van der Waals surface area (Å²) in [5.41, 5.74) is 24.9. The molecule has 0 unspecified atom stereocenters. The third kappa shape index (κ3) is 26.9. The van der Waals surface area contributed by atoms with Gasteiger partial charge in [-0.3, -0.25) is 33.1 Å². The maximum absolute atomic E-state index is 12.1. The summed E-state index contributed by atoms with van der Waals surface area (Å²) in [7, 11) is 13.4. The van der Waals surface area contributed by atoms with Crippen molar-refractivity contribution in [2.45, 2.75) is 60.3 Å². The van der Waals surface area contributed by atoms with E-state index in [2.05, 4.69) is 109 Å². The molecule has 3 saturated carbocycles. The molecule has 0 radical (unpaired) electrons. The van der Waals surface area contributed by atoms with E-state index < -0.39 is 12.6 Å². The van der Waals surface area contributed by atoms with Gasteiger partial charge in [0.2, 0.25) is 17.7 Å². The van der Waals surface area contributed by atoms with Crippen LogP contribution in [0.4, 0.5) is 51.4 Å². The highest BCUT2D eigenvalue weighted by molar-refractivity contribution is 6.34. The van der Waals surface area contributed by atoms with Crippen LogP contribution in [0.3, 0.4) is 0 Å². The van der Waals surface area contributed by atoms with Crippen molar-refractivity contribution in [2.24, 2.45) is 62.6 Å². The second-order valence-corrected chi connectivity index (χ2v) is 27.4. The average Bonchev–Trinajstić information content (AvgIpc) is 1.51. The molecule has 4 aromatic carbocycles. The summed E-state index contributed by atoms with van der Waals surface area (Å²) in [5.74, 6) is 4.58. The van der Waals surface area contributed by atoms with Crippen molar-refractivity contribution in [3.63, 3.8) is 0 Å². The molecule has 39 nitrogen and oxygen atoms in total. The fourth-order valence-corrected chi connectivity index (χ4v) is 11.3. The van der Waals surface area contributed by atoms with E-state index in [1.807, 2.05) is 79.8 Å². The number of carbonyl (C=O) groups is 4. The minimum Gasteiger partial charge on any atom is -0.494 e. The van der Waals surface area contributed by atoms with Crippen LogP contribution in [0.1, 0.15) is 82.6 Å². The Kier molecular flexibility index (Phi) is 36.0. The van der Waals surface area contributed by atoms with Crippen molar-refractivity contribution in [1.29, 1.82) is 15.8 Å². The van der Waals surface area contributed by atoms with E-state index in [0.29, 0.717) is 148 Å². The minimum absolute atomic E-state index is 0. The van der Waals surface area contributed by atoms with Crippen LogP contribution in [-0.2, 0) is 52.1 Å². The van der Waals surface area contributed by atoms with Gasteiger partial charge in [-0.1, -0.05) is 79.1 Å². The van der Waals surface area contributed by atoms with Crippen LogP contribution < -0.4 is 62.7 Å². The van der Waals surface area contributed by atoms with Crippen LogP contribution in [0, 0.1) is 51.7 Å². The monoisotopic (exact) mass is 1750 g/mol. The zero-order valence-corrected chi connectivity index (χ0v) is 69.4. The normalized spacial score (nSPS) is 11.8. The average molecular weight is 1750 g/mol. The quantitative estimate of drug-likeness (QED) is 0.00573. The Morgan fingerprint density at radius 2 is 0.847 bits per heavy atom. The number of carbonyl (C=O) groups excluding carboxylic acids is 4. The van der Waals surface area contributed by atoms with Crippen LogP contribution in [0.15, 0.2) is 152 Å². The number of aliphatic hydroxyl groups is 1. The second kappa shape index (κ2) is 46.5. The standard InChI is InChI=1S/C20H22N8O3.C20H19N7O2.C16H13ClN6O.C10H12N4O.C6H2Cl2N2.C4H7NO.C4H8O3.2CH4/c1-28-10-23-19(26-28)12-4-3-5-14(17(12)31-2)24-15-8-16(25-20(29)11-6-7-11)22-9-13(15)18(21)27-30;1-27-11-23-19(26-27)14-4-3-5-15(18(14)29-2)24-16-8-17(22-10-13(16)9-21)25-20(28)12-6-7-12;1-23-9-20-16(22-23)11-4-3-5-12(15(11)24-2)21-13-6-14(17)19-8-10(13)7-18;1-14-6-12-10(13-14)7-4-3-5-8(11)9(7)15-2;7-5-1-6(8)10-3-4(5)2-9;5-4(6)3-1-2-3;1-2-7-4(6)3-5;;/h3-5,8-11,30H,6-7H2,1-2H3,(H2,21,27)(H2,22,24,25,29);3-5,8,10-12H,6-7H2,1-2H3,(H2,22,24,25,28);3-6,8-9H,1-2H3,(H,19,21);3-6H,11H2,1-2H3;1,3H;3H,1-2H2,(H2,5,6);5H,2-3H2,1H3;2*1H4. The largest absolute Gasteiger partial charge is 0.494 e. The molecular formula is C82H91Cl3N28O11. The number of benzene rings is 4. The summed E-state index contributed by atoms with van der Waals surface area (Å²) in [6.07, 6.45) is 17.7. The van der Waals surface area contributed by atoms with Gasteiger partial charge in [0.15, 0.2) is 52.1 Å².